The maximum atomic E-state index is 0. The van der Waals surface area contributed by atoms with E-state index >= 15 is 0 Å². The van der Waals surface area contributed by atoms with Crippen LogP contribution in [-0.4, -0.2) is 5.48 Å². The third-order valence-corrected chi connectivity index (χ3v) is 0. The maximum absolute atomic E-state index is 0. The Hall–Kier alpha value is 1.57. The van der Waals surface area contributed by atoms with Gasteiger partial charge in [0.05, 0.1) is 0 Å². The van der Waals surface area contributed by atoms with Crippen LogP contribution in [0.1, 0.15) is 1.43 Å². The molecule has 4 heavy (non-hydrogen) atoms. The third kappa shape index (κ3) is 9.57. The van der Waals surface area contributed by atoms with Gasteiger partial charge >= 0.3 is 18.9 Å². The van der Waals surface area contributed by atoms with E-state index in [-0.39, 0.29) is 59.3 Å². The molecule has 0 spiro atoms. The fraction of sp³-hybridized carbons (Fsp3) is 0. The largest absolute Gasteiger partial charge is 1.00 e. The predicted molar refractivity (Wildman–Crippen MR) is 4.73 cm³/mol. The molecule has 0 amide bonds. The number of hydrogen-bond acceptors (Lipinski definition) is 0. The predicted octanol–water partition coefficient (Wildman–Crippen LogP) is -3.71. The summed E-state index contributed by atoms with van der Waals surface area (Å²) in [6.45, 7) is 0. The van der Waals surface area contributed by atoms with Crippen molar-refractivity contribution in [2.24, 2.45) is 0 Å². The van der Waals surface area contributed by atoms with Crippen molar-refractivity contribution >= 4 is 0 Å². The Labute approximate surface area is 59.3 Å². The molecule has 1 nitrogen and oxygen atoms in total. The average molecular weight is 140 g/mol. The summed E-state index contributed by atoms with van der Waals surface area (Å²) in [6.07, 6.45) is 0. The van der Waals surface area contributed by atoms with E-state index < -0.39 is 0 Å². The first-order valence-electron chi connectivity index (χ1n) is 0. The molecule has 0 aromatic rings. The van der Waals surface area contributed by atoms with E-state index in [2.05, 4.69) is 0 Å². The molecule has 0 aliphatic rings. The van der Waals surface area contributed by atoms with Crippen LogP contribution in [0.3, 0.4) is 0 Å². The number of hydrogen-bond donors (Lipinski definition) is 0. The van der Waals surface area contributed by atoms with E-state index in [0.717, 1.165) is 0 Å². The van der Waals surface area contributed by atoms with Gasteiger partial charge in [0.2, 0.25) is 0 Å². The zero-order valence-electron chi connectivity index (χ0n) is 3.19. The molecule has 0 heterocycles. The van der Waals surface area contributed by atoms with E-state index in [1.807, 2.05) is 0 Å². The van der Waals surface area contributed by atoms with Crippen LogP contribution < -0.4 is 18.9 Å². The Morgan fingerprint density at radius 3 is 1.25 bits per heavy atom. The van der Waals surface area contributed by atoms with Crippen molar-refractivity contribution in [3.8, 4) is 0 Å². The molecular formula is H3LiMnNiO. The molecule has 0 aromatic carbocycles. The van der Waals surface area contributed by atoms with Gasteiger partial charge in [0.1, 0.15) is 0 Å². The van der Waals surface area contributed by atoms with Crippen LogP contribution in [0.5, 0.6) is 0 Å². The molecule has 0 bridgehead atoms. The normalized spacial score (nSPS) is 0. The summed E-state index contributed by atoms with van der Waals surface area (Å²) in [5.74, 6) is 0. The van der Waals surface area contributed by atoms with Gasteiger partial charge in [-0.25, -0.2) is 0 Å². The van der Waals surface area contributed by atoms with Crippen molar-refractivity contribution in [2.75, 3.05) is 0 Å². The van der Waals surface area contributed by atoms with E-state index in [1.165, 1.54) is 0 Å². The van der Waals surface area contributed by atoms with Crippen LogP contribution in [-0.2, 0) is 33.6 Å². The summed E-state index contributed by atoms with van der Waals surface area (Å²) in [7, 11) is 0. The van der Waals surface area contributed by atoms with Crippen molar-refractivity contribution in [3.05, 3.63) is 0 Å². The molecule has 0 fully saturated rings. The van der Waals surface area contributed by atoms with Gasteiger partial charge in [-0.3, -0.25) is 0 Å². The minimum atomic E-state index is 0. The van der Waals surface area contributed by atoms with E-state index in [9.17, 15) is 0 Å². The topological polar surface area (TPSA) is 31.5 Å². The molecule has 0 aliphatic carbocycles. The van der Waals surface area contributed by atoms with Crippen LogP contribution in [0.15, 0.2) is 0 Å². The Morgan fingerprint density at radius 2 is 1.25 bits per heavy atom. The van der Waals surface area contributed by atoms with Crippen molar-refractivity contribution in [2.45, 2.75) is 0 Å². The second kappa shape index (κ2) is 23.6. The van der Waals surface area contributed by atoms with Crippen LogP contribution in [0.4, 0.5) is 0 Å². The molecule has 2 N–H and O–H groups in total. The monoisotopic (exact) mass is 139 g/mol. The van der Waals surface area contributed by atoms with Crippen molar-refractivity contribution in [3.63, 3.8) is 0 Å². The first-order chi connectivity index (χ1) is 0. The maximum Gasteiger partial charge on any atom is 1.00 e. The van der Waals surface area contributed by atoms with Crippen molar-refractivity contribution in [1.82, 2.24) is 0 Å². The fourth-order valence-electron chi connectivity index (χ4n) is 0. The van der Waals surface area contributed by atoms with Gasteiger partial charge in [-0.1, -0.05) is 0 Å². The van der Waals surface area contributed by atoms with Crippen LogP contribution >= 0.6 is 0 Å². The van der Waals surface area contributed by atoms with Gasteiger partial charge in [-0.05, 0) is 0 Å². The molecule has 0 aromatic heterocycles. The molecule has 0 saturated heterocycles. The van der Waals surface area contributed by atoms with E-state index in [1.54, 1.807) is 0 Å². The Morgan fingerprint density at radius 1 is 1.25 bits per heavy atom. The van der Waals surface area contributed by atoms with Gasteiger partial charge in [-0.15, -0.1) is 0 Å². The van der Waals surface area contributed by atoms with Gasteiger partial charge in [0.25, 0.3) is 0 Å². The standard InChI is InChI=1S/Li.Mn.Ni.H2O.H/h;;;1H2;/q+1;;;;-1. The summed E-state index contributed by atoms with van der Waals surface area (Å²) >= 11 is 0. The minimum absolute atomic E-state index is 0. The van der Waals surface area contributed by atoms with Gasteiger partial charge in [0.15, 0.2) is 0 Å². The quantitative estimate of drug-likeness (QED) is 0.310. The van der Waals surface area contributed by atoms with E-state index in [0.29, 0.717) is 0 Å². The molecular weight excluding hydrogens is 137 g/mol. The molecule has 1 radical (unpaired) electrons. The summed E-state index contributed by atoms with van der Waals surface area (Å²) in [5, 5.41) is 0. The summed E-state index contributed by atoms with van der Waals surface area (Å²) in [6, 6.07) is 0. The first-order valence-corrected chi connectivity index (χ1v) is 0. The number of rotatable bonds is 0. The Bertz CT molecular complexity index is 11.6. The second-order valence-electron chi connectivity index (χ2n) is 0. The SMILES string of the molecule is O.[H-].[Li+].[Mn].[Ni]. The molecule has 0 aliphatic heterocycles. The molecule has 0 saturated carbocycles. The Balaban J connectivity index is 0. The van der Waals surface area contributed by atoms with Gasteiger partial charge in [-0.2, -0.15) is 0 Å². The van der Waals surface area contributed by atoms with Crippen LogP contribution in [0, 0.1) is 0 Å². The fourth-order valence-corrected chi connectivity index (χ4v) is 0. The van der Waals surface area contributed by atoms with Crippen molar-refractivity contribution in [1.29, 1.82) is 0 Å². The smallest absolute Gasteiger partial charge is 1.00 e. The van der Waals surface area contributed by atoms with Gasteiger partial charge in [0, 0.05) is 33.6 Å². The molecule has 4 heteroatoms. The zero-order chi connectivity index (χ0) is 0. The average Bonchev–Trinajstić information content (AvgIpc) is 0. The first kappa shape index (κ1) is 47.2. The molecule has 0 rings (SSSR count). The van der Waals surface area contributed by atoms with Crippen LogP contribution in [0.25, 0.3) is 0 Å². The van der Waals surface area contributed by atoms with Gasteiger partial charge < -0.3 is 6.90 Å². The third-order valence-electron chi connectivity index (χ3n) is 0. The van der Waals surface area contributed by atoms with Crippen LogP contribution in [0.2, 0.25) is 0 Å². The van der Waals surface area contributed by atoms with Crippen molar-refractivity contribution < 1.29 is 59.3 Å². The second-order valence-corrected chi connectivity index (χ2v) is 0. The Kier molecular flexibility index (Phi) is 279. The zero-order valence-corrected chi connectivity index (χ0v) is 4.36. The molecule has 0 atom stereocenters. The molecule has 0 unspecified atom stereocenters. The summed E-state index contributed by atoms with van der Waals surface area (Å²) in [4.78, 5) is 0. The van der Waals surface area contributed by atoms with E-state index in [4.69, 9.17) is 0 Å². The summed E-state index contributed by atoms with van der Waals surface area (Å²) in [5.41, 5.74) is 0. The minimum Gasteiger partial charge on any atom is -1.00 e. The molecule has 27 valence electrons. The summed E-state index contributed by atoms with van der Waals surface area (Å²) < 4.78 is 0.